The van der Waals surface area contributed by atoms with Gasteiger partial charge >= 0.3 is 0 Å². The Morgan fingerprint density at radius 3 is 2.89 bits per heavy atom. The monoisotopic (exact) mass is 286 g/mol. The number of hydrogen-bond acceptors (Lipinski definition) is 5. The topological polar surface area (TPSA) is 45.2 Å². The third kappa shape index (κ3) is 3.26. The smallest absolute Gasteiger partial charge is 0.0928 e. The van der Waals surface area contributed by atoms with E-state index in [0.29, 0.717) is 6.54 Å². The lowest BCUT2D eigenvalue weighted by molar-refractivity contribution is 0.0652. The SMILES string of the molecule is CCc1nc(C)c(C(C)NCC2(O)CCSC2)s1. The van der Waals surface area contributed by atoms with Crippen LogP contribution in [0.2, 0.25) is 0 Å². The fourth-order valence-corrected chi connectivity index (χ4v) is 4.52. The molecule has 1 aliphatic rings. The van der Waals surface area contributed by atoms with E-state index >= 15 is 0 Å². The van der Waals surface area contributed by atoms with Gasteiger partial charge in [0.15, 0.2) is 0 Å². The van der Waals surface area contributed by atoms with Crippen LogP contribution in [0, 0.1) is 6.92 Å². The fourth-order valence-electron chi connectivity index (χ4n) is 2.19. The summed E-state index contributed by atoms with van der Waals surface area (Å²) in [4.78, 5) is 5.87. The molecule has 0 amide bonds. The molecule has 1 fully saturated rings. The summed E-state index contributed by atoms with van der Waals surface area (Å²) in [5.41, 5.74) is 0.620. The van der Waals surface area contributed by atoms with Crippen LogP contribution in [0.3, 0.4) is 0 Å². The molecule has 3 nitrogen and oxygen atoms in total. The van der Waals surface area contributed by atoms with Crippen molar-refractivity contribution >= 4 is 23.1 Å². The molecule has 0 aliphatic carbocycles. The Bertz CT molecular complexity index is 400. The number of nitrogens with one attached hydrogen (secondary N) is 1. The lowest BCUT2D eigenvalue weighted by atomic mass is 10.0. The Morgan fingerprint density at radius 2 is 2.33 bits per heavy atom. The molecule has 5 heteroatoms. The van der Waals surface area contributed by atoms with Crippen molar-refractivity contribution in [1.82, 2.24) is 10.3 Å². The maximum atomic E-state index is 10.3. The van der Waals surface area contributed by atoms with Crippen LogP contribution in [0.15, 0.2) is 0 Å². The summed E-state index contributed by atoms with van der Waals surface area (Å²) in [5.74, 6) is 1.93. The summed E-state index contributed by atoms with van der Waals surface area (Å²) >= 11 is 3.63. The highest BCUT2D eigenvalue weighted by molar-refractivity contribution is 7.99. The van der Waals surface area contributed by atoms with Gasteiger partial charge < -0.3 is 10.4 Å². The van der Waals surface area contributed by atoms with Crippen molar-refractivity contribution in [3.8, 4) is 0 Å². The normalized spacial score (nSPS) is 25.6. The summed E-state index contributed by atoms with van der Waals surface area (Å²) in [6.45, 7) is 7.05. The Balaban J connectivity index is 1.94. The van der Waals surface area contributed by atoms with Gasteiger partial charge in [-0.15, -0.1) is 11.3 Å². The number of rotatable bonds is 5. The van der Waals surface area contributed by atoms with Crippen LogP contribution in [0.25, 0.3) is 0 Å². The molecule has 2 heterocycles. The zero-order valence-electron chi connectivity index (χ0n) is 11.3. The minimum Gasteiger partial charge on any atom is -0.388 e. The first kappa shape index (κ1) is 14.3. The van der Waals surface area contributed by atoms with Crippen molar-refractivity contribution < 1.29 is 5.11 Å². The molecule has 0 bridgehead atoms. The van der Waals surface area contributed by atoms with Crippen LogP contribution in [0.5, 0.6) is 0 Å². The molecule has 2 unspecified atom stereocenters. The number of hydrogen-bond donors (Lipinski definition) is 2. The number of aromatic nitrogens is 1. The predicted molar refractivity (Wildman–Crippen MR) is 79.5 cm³/mol. The second kappa shape index (κ2) is 5.90. The third-order valence-electron chi connectivity index (χ3n) is 3.39. The van der Waals surface area contributed by atoms with Gasteiger partial charge in [-0.25, -0.2) is 4.98 Å². The Morgan fingerprint density at radius 1 is 1.56 bits per heavy atom. The Kier molecular flexibility index (Phi) is 4.69. The first-order chi connectivity index (χ1) is 8.54. The van der Waals surface area contributed by atoms with Crippen LogP contribution in [-0.4, -0.2) is 33.7 Å². The highest BCUT2D eigenvalue weighted by Crippen LogP contribution is 2.29. The van der Waals surface area contributed by atoms with E-state index in [9.17, 15) is 5.11 Å². The van der Waals surface area contributed by atoms with E-state index in [4.69, 9.17) is 0 Å². The molecule has 2 N–H and O–H groups in total. The van der Waals surface area contributed by atoms with E-state index < -0.39 is 5.60 Å². The molecule has 0 spiro atoms. The number of nitrogens with zero attached hydrogens (tertiary/aromatic N) is 1. The van der Waals surface area contributed by atoms with Crippen molar-refractivity contribution in [3.63, 3.8) is 0 Å². The van der Waals surface area contributed by atoms with Crippen molar-refractivity contribution in [1.29, 1.82) is 0 Å². The van der Waals surface area contributed by atoms with Crippen molar-refractivity contribution in [3.05, 3.63) is 15.6 Å². The van der Waals surface area contributed by atoms with E-state index in [0.717, 1.165) is 30.0 Å². The van der Waals surface area contributed by atoms with Gasteiger partial charge in [0.1, 0.15) is 0 Å². The van der Waals surface area contributed by atoms with Gasteiger partial charge in [-0.1, -0.05) is 6.92 Å². The number of aliphatic hydroxyl groups is 1. The molecule has 1 aromatic rings. The summed E-state index contributed by atoms with van der Waals surface area (Å²) in [7, 11) is 0. The van der Waals surface area contributed by atoms with Gasteiger partial charge in [0.2, 0.25) is 0 Å². The number of thioether (sulfide) groups is 1. The lowest BCUT2D eigenvalue weighted by Gasteiger charge is -2.24. The molecule has 18 heavy (non-hydrogen) atoms. The maximum absolute atomic E-state index is 10.3. The zero-order valence-corrected chi connectivity index (χ0v) is 13.0. The van der Waals surface area contributed by atoms with Crippen LogP contribution < -0.4 is 5.32 Å². The van der Waals surface area contributed by atoms with E-state index in [2.05, 4.69) is 31.1 Å². The van der Waals surface area contributed by atoms with E-state index in [1.54, 1.807) is 11.3 Å². The van der Waals surface area contributed by atoms with Gasteiger partial charge in [0, 0.05) is 23.2 Å². The van der Waals surface area contributed by atoms with Gasteiger partial charge in [-0.3, -0.25) is 0 Å². The van der Waals surface area contributed by atoms with Crippen LogP contribution >= 0.6 is 23.1 Å². The van der Waals surface area contributed by atoms with E-state index in [1.807, 2.05) is 11.8 Å². The lowest BCUT2D eigenvalue weighted by Crippen LogP contribution is -2.41. The maximum Gasteiger partial charge on any atom is 0.0928 e. The minimum absolute atomic E-state index is 0.275. The molecule has 1 saturated heterocycles. The molecule has 2 atom stereocenters. The van der Waals surface area contributed by atoms with Gasteiger partial charge in [-0.2, -0.15) is 11.8 Å². The van der Waals surface area contributed by atoms with Crippen LogP contribution in [0.4, 0.5) is 0 Å². The fraction of sp³-hybridized carbons (Fsp3) is 0.769. The Hall–Kier alpha value is -0.100. The molecule has 1 aromatic heterocycles. The molecule has 0 saturated carbocycles. The molecule has 2 rings (SSSR count). The van der Waals surface area contributed by atoms with Crippen molar-refractivity contribution in [2.45, 2.75) is 45.3 Å². The van der Waals surface area contributed by atoms with Crippen LogP contribution in [0.1, 0.15) is 41.9 Å². The summed E-state index contributed by atoms with van der Waals surface area (Å²) in [6.07, 6.45) is 1.90. The first-order valence-electron chi connectivity index (χ1n) is 6.54. The number of thiazole rings is 1. The van der Waals surface area contributed by atoms with Gasteiger partial charge in [0.05, 0.1) is 16.3 Å². The predicted octanol–water partition coefficient (Wildman–Crippen LogP) is 2.53. The molecule has 0 radical (unpaired) electrons. The first-order valence-corrected chi connectivity index (χ1v) is 8.51. The summed E-state index contributed by atoms with van der Waals surface area (Å²) < 4.78 is 0. The van der Waals surface area contributed by atoms with Gasteiger partial charge in [-0.05, 0) is 32.4 Å². The average Bonchev–Trinajstić information content (AvgIpc) is 2.93. The molecule has 0 aromatic carbocycles. The second-order valence-electron chi connectivity index (χ2n) is 5.04. The zero-order chi connectivity index (χ0) is 13.2. The van der Waals surface area contributed by atoms with Crippen molar-refractivity contribution in [2.75, 3.05) is 18.1 Å². The average molecular weight is 286 g/mol. The second-order valence-corrected chi connectivity index (χ2v) is 7.26. The molecule has 102 valence electrons. The summed E-state index contributed by atoms with van der Waals surface area (Å²) in [6, 6.07) is 0.275. The van der Waals surface area contributed by atoms with Gasteiger partial charge in [0.25, 0.3) is 0 Å². The van der Waals surface area contributed by atoms with E-state index in [-0.39, 0.29) is 6.04 Å². The highest BCUT2D eigenvalue weighted by Gasteiger charge is 2.32. The number of aryl methyl sites for hydroxylation is 2. The van der Waals surface area contributed by atoms with Crippen molar-refractivity contribution in [2.24, 2.45) is 0 Å². The molecular formula is C13H22N2OS2. The largest absolute Gasteiger partial charge is 0.388 e. The Labute approximate surface area is 117 Å². The highest BCUT2D eigenvalue weighted by atomic mass is 32.2. The van der Waals surface area contributed by atoms with E-state index in [1.165, 1.54) is 9.88 Å². The molecule has 1 aliphatic heterocycles. The minimum atomic E-state index is -0.509. The summed E-state index contributed by atoms with van der Waals surface area (Å²) in [5, 5.41) is 15.0. The standard InChI is InChI=1S/C13H22N2OS2/c1-4-11-15-10(3)12(18-11)9(2)14-7-13(16)5-6-17-8-13/h9,14,16H,4-8H2,1-3H3. The molecular weight excluding hydrogens is 264 g/mol. The third-order valence-corrected chi connectivity index (χ3v) is 6.11. The quantitative estimate of drug-likeness (QED) is 0.873. The van der Waals surface area contributed by atoms with Crippen LogP contribution in [-0.2, 0) is 6.42 Å².